The van der Waals surface area contributed by atoms with Crippen molar-refractivity contribution in [2.45, 2.75) is 6.42 Å². The van der Waals surface area contributed by atoms with Gasteiger partial charge in [-0.15, -0.1) is 0 Å². The van der Waals surface area contributed by atoms with E-state index >= 15 is 0 Å². The van der Waals surface area contributed by atoms with E-state index in [9.17, 15) is 9.59 Å². The zero-order chi connectivity index (χ0) is 17.2. The number of nitrogen functional groups attached to an aromatic ring is 2. The Hall–Kier alpha value is -2.17. The van der Waals surface area contributed by atoms with Crippen LogP contribution in [0.2, 0.25) is 5.15 Å². The van der Waals surface area contributed by atoms with E-state index in [4.69, 9.17) is 28.8 Å². The third kappa shape index (κ3) is 6.63. The van der Waals surface area contributed by atoms with Crippen LogP contribution in [0.5, 0.6) is 0 Å². The van der Waals surface area contributed by atoms with Crippen molar-refractivity contribution < 1.29 is 9.59 Å². The minimum absolute atomic E-state index is 0.0321. The molecule has 23 heavy (non-hydrogen) atoms. The first-order valence-electron chi connectivity index (χ1n) is 7.00. The van der Waals surface area contributed by atoms with E-state index in [1.165, 1.54) is 0 Å². The Bertz CT molecular complexity index is 554. The van der Waals surface area contributed by atoms with Gasteiger partial charge < -0.3 is 33.2 Å². The van der Waals surface area contributed by atoms with Gasteiger partial charge in [-0.05, 0) is 0 Å². The largest absolute Gasteiger partial charge is 0.382 e. The number of aromatic nitrogens is 2. The number of carbonyl (C=O) groups is 2. The molecule has 0 unspecified atom stereocenters. The highest BCUT2D eigenvalue weighted by Gasteiger charge is 2.15. The Balaban J connectivity index is 2.25. The van der Waals surface area contributed by atoms with Crippen molar-refractivity contribution in [3.63, 3.8) is 0 Å². The maximum absolute atomic E-state index is 11.9. The lowest BCUT2D eigenvalue weighted by molar-refractivity contribution is -0.120. The van der Waals surface area contributed by atoms with Crippen LogP contribution in [-0.4, -0.2) is 54.5 Å². The van der Waals surface area contributed by atoms with E-state index in [-0.39, 0.29) is 28.4 Å². The fourth-order valence-electron chi connectivity index (χ4n) is 1.58. The van der Waals surface area contributed by atoms with Crippen LogP contribution in [0.15, 0.2) is 0 Å². The van der Waals surface area contributed by atoms with Crippen molar-refractivity contribution >= 4 is 35.1 Å². The van der Waals surface area contributed by atoms with Crippen LogP contribution in [-0.2, 0) is 4.79 Å². The van der Waals surface area contributed by atoms with Gasteiger partial charge in [0.1, 0.15) is 0 Å². The molecular weight excluding hydrogens is 324 g/mol. The van der Waals surface area contributed by atoms with Gasteiger partial charge in [0.25, 0.3) is 5.91 Å². The first-order chi connectivity index (χ1) is 11.0. The molecule has 1 aromatic heterocycles. The highest BCUT2D eigenvalue weighted by Crippen LogP contribution is 2.16. The molecule has 0 aliphatic heterocycles. The lowest BCUT2D eigenvalue weighted by Gasteiger charge is -2.08. The minimum Gasteiger partial charge on any atom is -0.382 e. The Kier molecular flexibility index (Phi) is 8.02. The molecule has 2 amide bonds. The third-order valence-electron chi connectivity index (χ3n) is 2.70. The normalized spacial score (nSPS) is 10.3. The van der Waals surface area contributed by atoms with E-state index in [1.807, 2.05) is 0 Å². The number of carbonyl (C=O) groups excluding carboxylic acids is 2. The highest BCUT2D eigenvalue weighted by molar-refractivity contribution is 6.31. The molecule has 0 aliphatic rings. The lowest BCUT2D eigenvalue weighted by Crippen LogP contribution is -2.35. The van der Waals surface area contributed by atoms with Crippen LogP contribution >= 0.6 is 11.6 Å². The van der Waals surface area contributed by atoms with Crippen molar-refractivity contribution in [3.05, 3.63) is 10.8 Å². The number of hydrogen-bond acceptors (Lipinski definition) is 8. The zero-order valence-electron chi connectivity index (χ0n) is 12.6. The molecule has 0 bridgehead atoms. The van der Waals surface area contributed by atoms with E-state index < -0.39 is 5.91 Å². The summed E-state index contributed by atoms with van der Waals surface area (Å²) >= 11 is 5.71. The second-order valence-electron chi connectivity index (χ2n) is 4.53. The maximum atomic E-state index is 11.9. The van der Waals surface area contributed by atoms with Gasteiger partial charge in [-0.2, -0.15) is 0 Å². The summed E-state index contributed by atoms with van der Waals surface area (Å²) in [6.07, 6.45) is 0.333. The van der Waals surface area contributed by atoms with Gasteiger partial charge in [0, 0.05) is 39.1 Å². The fraction of sp³-hybridized carbons (Fsp3) is 0.500. The molecule has 0 saturated heterocycles. The molecule has 128 valence electrons. The number of nitrogens with two attached hydrogens (primary N) is 3. The molecule has 0 spiro atoms. The summed E-state index contributed by atoms with van der Waals surface area (Å²) in [7, 11) is 0. The first kappa shape index (κ1) is 18.9. The molecule has 1 heterocycles. The predicted octanol–water partition coefficient (Wildman–Crippen LogP) is -1.92. The lowest BCUT2D eigenvalue weighted by atomic mass is 10.3. The van der Waals surface area contributed by atoms with Gasteiger partial charge in [0.15, 0.2) is 22.5 Å². The van der Waals surface area contributed by atoms with Gasteiger partial charge in [-0.3, -0.25) is 9.59 Å². The number of halogens is 1. The van der Waals surface area contributed by atoms with Gasteiger partial charge in [-0.25, -0.2) is 9.97 Å². The zero-order valence-corrected chi connectivity index (χ0v) is 13.3. The van der Waals surface area contributed by atoms with E-state index in [1.54, 1.807) is 0 Å². The summed E-state index contributed by atoms with van der Waals surface area (Å²) in [5.74, 6) is -0.699. The molecule has 9 N–H and O–H groups in total. The topological polar surface area (TPSA) is 174 Å². The van der Waals surface area contributed by atoms with Gasteiger partial charge >= 0.3 is 0 Å². The third-order valence-corrected chi connectivity index (χ3v) is 2.98. The molecule has 0 aromatic carbocycles. The summed E-state index contributed by atoms with van der Waals surface area (Å²) < 4.78 is 0. The summed E-state index contributed by atoms with van der Waals surface area (Å²) in [6.45, 7) is 2.16. The van der Waals surface area contributed by atoms with Crippen molar-refractivity contribution in [2.24, 2.45) is 5.73 Å². The number of amides is 2. The average Bonchev–Trinajstić information content (AvgIpc) is 2.51. The quantitative estimate of drug-likeness (QED) is 0.281. The summed E-state index contributed by atoms with van der Waals surface area (Å²) in [5, 5.41) is 8.20. The molecule has 1 aromatic rings. The van der Waals surface area contributed by atoms with Crippen molar-refractivity contribution in [3.8, 4) is 0 Å². The summed E-state index contributed by atoms with van der Waals surface area (Å²) in [6, 6.07) is 0. The SMILES string of the molecule is NCCNC(=O)CCNCCNC(=O)c1nc(Cl)c(N)nc1N. The molecule has 0 aliphatic carbocycles. The van der Waals surface area contributed by atoms with E-state index in [0.29, 0.717) is 39.1 Å². The predicted molar refractivity (Wildman–Crippen MR) is 87.8 cm³/mol. The van der Waals surface area contributed by atoms with Crippen LogP contribution in [0.25, 0.3) is 0 Å². The fourth-order valence-corrected chi connectivity index (χ4v) is 1.71. The number of nitrogens with one attached hydrogen (secondary N) is 3. The number of hydrogen-bond donors (Lipinski definition) is 6. The molecule has 11 heteroatoms. The Labute approximate surface area is 138 Å². The van der Waals surface area contributed by atoms with Gasteiger partial charge in [-0.1, -0.05) is 11.6 Å². The smallest absolute Gasteiger partial charge is 0.273 e. The van der Waals surface area contributed by atoms with Crippen molar-refractivity contribution in [1.82, 2.24) is 25.9 Å². The van der Waals surface area contributed by atoms with Crippen molar-refractivity contribution in [1.29, 1.82) is 0 Å². The molecule has 0 radical (unpaired) electrons. The van der Waals surface area contributed by atoms with Crippen LogP contribution < -0.4 is 33.2 Å². The first-order valence-corrected chi connectivity index (χ1v) is 7.37. The average molecular weight is 345 g/mol. The van der Waals surface area contributed by atoms with E-state index in [2.05, 4.69) is 25.9 Å². The Morgan fingerprint density at radius 3 is 2.43 bits per heavy atom. The van der Waals surface area contributed by atoms with Gasteiger partial charge in [0.05, 0.1) is 0 Å². The summed E-state index contributed by atoms with van der Waals surface area (Å²) in [4.78, 5) is 30.7. The standard InChI is InChI=1S/C12H21ClN8O2/c13-9-11(16)21-10(15)8(20-9)12(23)19-6-5-17-3-1-7(22)18-4-2-14/h17H,1-6,14H2,(H,18,22)(H,19,23)(H4,15,16,21). The second kappa shape index (κ2) is 9.77. The number of rotatable bonds is 9. The molecule has 0 fully saturated rings. The van der Waals surface area contributed by atoms with Crippen LogP contribution in [0, 0.1) is 0 Å². The number of anilines is 2. The number of nitrogens with zero attached hydrogens (tertiary/aromatic N) is 2. The summed E-state index contributed by atoms with van der Waals surface area (Å²) in [5.41, 5.74) is 16.2. The Morgan fingerprint density at radius 2 is 1.74 bits per heavy atom. The van der Waals surface area contributed by atoms with Crippen molar-refractivity contribution in [2.75, 3.05) is 44.2 Å². The van der Waals surface area contributed by atoms with Crippen LogP contribution in [0.1, 0.15) is 16.9 Å². The molecule has 0 atom stereocenters. The van der Waals surface area contributed by atoms with Crippen LogP contribution in [0.3, 0.4) is 0 Å². The van der Waals surface area contributed by atoms with Gasteiger partial charge in [0.2, 0.25) is 5.91 Å². The molecule has 10 nitrogen and oxygen atoms in total. The molecule has 1 rings (SSSR count). The monoisotopic (exact) mass is 344 g/mol. The minimum atomic E-state index is -0.501. The van der Waals surface area contributed by atoms with Crippen LogP contribution in [0.4, 0.5) is 11.6 Å². The highest BCUT2D eigenvalue weighted by atomic mass is 35.5. The Morgan fingerprint density at radius 1 is 1.00 bits per heavy atom. The second-order valence-corrected chi connectivity index (χ2v) is 4.89. The molecular formula is C12H21ClN8O2. The van der Waals surface area contributed by atoms with E-state index in [0.717, 1.165) is 0 Å². The molecule has 0 saturated carbocycles. The maximum Gasteiger partial charge on any atom is 0.273 e.